The molecule has 0 saturated heterocycles. The van der Waals surface area contributed by atoms with Gasteiger partial charge < -0.3 is 23.7 Å². The molecular weight excluding hydrogens is 684 g/mol. The van der Waals surface area contributed by atoms with Gasteiger partial charge in [-0.2, -0.15) is 0 Å². The molecule has 6 aromatic rings. The Morgan fingerprint density at radius 3 is 1.20 bits per heavy atom. The van der Waals surface area contributed by atoms with Gasteiger partial charge in [0.05, 0.1) is 11.0 Å². The van der Waals surface area contributed by atoms with E-state index in [1.165, 1.54) is 71.8 Å². The molecule has 0 fully saturated rings. The van der Waals surface area contributed by atoms with Crippen molar-refractivity contribution in [2.24, 2.45) is 0 Å². The van der Waals surface area contributed by atoms with Crippen molar-refractivity contribution in [3.05, 3.63) is 120 Å². The number of aryl methyl sites for hydroxylation is 6. The standard InChI is InChI=1S/C34H30N2.2CN.Pt/c1-19-15-21(3)30(22(4)16-19)26-11-13-35-33-28(26)9-7-25-8-10-29-27(12-14-36-34(29)32(25)33)31-23(5)17-20(2)18-24(31)6;2*1-2;/h7-18H,1-6H3;;;/q;2*-1;. The Balaban J connectivity index is 0.000000887. The molecular formula is C36H30N4Pt-2. The van der Waals surface area contributed by atoms with Crippen molar-refractivity contribution in [2.75, 3.05) is 0 Å². The summed E-state index contributed by atoms with van der Waals surface area (Å²) in [6, 6.07) is 22.3. The van der Waals surface area contributed by atoms with Gasteiger partial charge in [0, 0.05) is 49.6 Å². The molecule has 5 heteroatoms. The summed E-state index contributed by atoms with van der Waals surface area (Å²) in [5.41, 5.74) is 14.8. The molecule has 0 radical (unpaired) electrons. The Morgan fingerprint density at radius 2 is 0.854 bits per heavy atom. The minimum Gasteiger partial charge on any atom is -0.512 e. The summed E-state index contributed by atoms with van der Waals surface area (Å²) in [7, 11) is 0. The number of rotatable bonds is 2. The predicted octanol–water partition coefficient (Wildman–Crippen LogP) is 9.31. The van der Waals surface area contributed by atoms with Crippen LogP contribution in [0.15, 0.2) is 73.1 Å². The van der Waals surface area contributed by atoms with E-state index in [1.807, 2.05) is 12.4 Å². The molecule has 0 saturated carbocycles. The number of aromatic nitrogens is 2. The van der Waals surface area contributed by atoms with Crippen molar-refractivity contribution in [1.82, 2.24) is 9.97 Å². The van der Waals surface area contributed by atoms with Gasteiger partial charge in [-0.05, 0) is 104 Å². The molecule has 0 amide bonds. The second kappa shape index (κ2) is 12.9. The normalized spacial score (nSPS) is 10.3. The van der Waals surface area contributed by atoms with Crippen LogP contribution in [-0.2, 0) is 21.1 Å². The Hall–Kier alpha value is -4.37. The largest absolute Gasteiger partial charge is 0.512 e. The zero-order valence-electron chi connectivity index (χ0n) is 24.0. The molecule has 0 aliphatic rings. The van der Waals surface area contributed by atoms with Crippen LogP contribution >= 0.6 is 0 Å². The number of benzene rings is 4. The quantitative estimate of drug-likeness (QED) is 0.133. The maximum absolute atomic E-state index is 6.25. The molecule has 0 unspecified atom stereocenters. The molecule has 0 aliphatic heterocycles. The summed E-state index contributed by atoms with van der Waals surface area (Å²) in [6.45, 7) is 22.6. The van der Waals surface area contributed by atoms with E-state index < -0.39 is 0 Å². The van der Waals surface area contributed by atoms with E-state index in [4.69, 9.17) is 33.6 Å². The maximum Gasteiger partial charge on any atom is 0.0808 e. The number of hydrogen-bond acceptors (Lipinski definition) is 4. The summed E-state index contributed by atoms with van der Waals surface area (Å²) in [6.07, 6.45) is 3.90. The van der Waals surface area contributed by atoms with E-state index in [0.717, 1.165) is 16.4 Å². The Morgan fingerprint density at radius 1 is 0.512 bits per heavy atom. The van der Waals surface area contributed by atoms with Gasteiger partial charge in [0.1, 0.15) is 0 Å². The van der Waals surface area contributed by atoms with Gasteiger partial charge in [-0.3, -0.25) is 9.97 Å². The molecule has 4 aromatic carbocycles. The number of pyridine rings is 2. The smallest absolute Gasteiger partial charge is 0.0808 e. The fourth-order valence-corrected chi connectivity index (χ4v) is 6.28. The third-order valence-electron chi connectivity index (χ3n) is 7.49. The van der Waals surface area contributed by atoms with Crippen molar-refractivity contribution in [1.29, 1.82) is 10.5 Å². The van der Waals surface area contributed by atoms with Crippen LogP contribution in [0.1, 0.15) is 33.4 Å². The molecule has 206 valence electrons. The summed E-state index contributed by atoms with van der Waals surface area (Å²) in [4.78, 5) is 9.86. The van der Waals surface area contributed by atoms with Crippen LogP contribution in [0.25, 0.3) is 54.8 Å². The third kappa shape index (κ3) is 5.50. The van der Waals surface area contributed by atoms with E-state index in [2.05, 4.69) is 102 Å². The predicted molar refractivity (Wildman–Crippen MR) is 164 cm³/mol. The molecule has 0 aliphatic carbocycles. The van der Waals surface area contributed by atoms with Crippen LogP contribution in [-0.4, -0.2) is 9.97 Å². The van der Waals surface area contributed by atoms with E-state index in [9.17, 15) is 0 Å². The SMILES string of the molecule is Cc1cc(C)c(-c2ccnc3c2ccc2ccc4c(-c5c(C)cc(C)cc5C)ccnc4c23)c(C)c1.[C-]#N.[C-]#N.[Pt]. The Labute approximate surface area is 256 Å². The molecule has 0 atom stereocenters. The van der Waals surface area contributed by atoms with Crippen LogP contribution in [0.5, 0.6) is 0 Å². The molecule has 0 N–H and O–H groups in total. The topological polar surface area (TPSA) is 73.4 Å². The molecule has 6 rings (SSSR count). The molecule has 0 bridgehead atoms. The first kappa shape index (κ1) is 31.2. The van der Waals surface area contributed by atoms with Gasteiger partial charge in [-0.25, -0.2) is 0 Å². The first-order chi connectivity index (χ1) is 19.3. The van der Waals surface area contributed by atoms with E-state index in [1.54, 1.807) is 0 Å². The average molecular weight is 714 g/mol. The van der Waals surface area contributed by atoms with Gasteiger partial charge in [0.25, 0.3) is 0 Å². The fraction of sp³-hybridized carbons (Fsp3) is 0.167. The fourth-order valence-electron chi connectivity index (χ4n) is 6.28. The Kier molecular flexibility index (Phi) is 9.78. The molecule has 2 heterocycles. The number of nitrogens with zero attached hydrogens (tertiary/aromatic N) is 4. The van der Waals surface area contributed by atoms with Crippen molar-refractivity contribution >= 4 is 32.6 Å². The van der Waals surface area contributed by atoms with Gasteiger partial charge in [0.15, 0.2) is 0 Å². The Bertz CT molecular complexity index is 1770. The van der Waals surface area contributed by atoms with Crippen LogP contribution in [0.4, 0.5) is 0 Å². The van der Waals surface area contributed by atoms with Crippen molar-refractivity contribution in [2.45, 2.75) is 41.5 Å². The number of fused-ring (bicyclic) bond motifs is 5. The first-order valence-corrected chi connectivity index (χ1v) is 13.0. The maximum atomic E-state index is 6.25. The monoisotopic (exact) mass is 713 g/mol. The minimum absolute atomic E-state index is 0. The summed E-state index contributed by atoms with van der Waals surface area (Å²) >= 11 is 0. The van der Waals surface area contributed by atoms with E-state index in [0.29, 0.717) is 0 Å². The van der Waals surface area contributed by atoms with Gasteiger partial charge in [0.2, 0.25) is 0 Å². The first-order valence-electron chi connectivity index (χ1n) is 13.0. The van der Waals surface area contributed by atoms with Crippen molar-refractivity contribution in [3.8, 4) is 22.3 Å². The molecule has 0 spiro atoms. The van der Waals surface area contributed by atoms with Gasteiger partial charge in [-0.15, -0.1) is 0 Å². The summed E-state index contributed by atoms with van der Waals surface area (Å²) < 4.78 is 0. The van der Waals surface area contributed by atoms with E-state index >= 15 is 0 Å². The van der Waals surface area contributed by atoms with Crippen molar-refractivity contribution in [3.63, 3.8) is 0 Å². The molecule has 41 heavy (non-hydrogen) atoms. The average Bonchev–Trinajstić information content (AvgIpc) is 2.94. The van der Waals surface area contributed by atoms with Crippen LogP contribution in [0, 0.1) is 65.2 Å². The molecule has 4 nitrogen and oxygen atoms in total. The second-order valence-electron chi connectivity index (χ2n) is 10.3. The third-order valence-corrected chi connectivity index (χ3v) is 7.49. The van der Waals surface area contributed by atoms with Crippen LogP contribution in [0.3, 0.4) is 0 Å². The van der Waals surface area contributed by atoms with Crippen LogP contribution in [0.2, 0.25) is 0 Å². The second-order valence-corrected chi connectivity index (χ2v) is 10.3. The zero-order valence-corrected chi connectivity index (χ0v) is 26.3. The van der Waals surface area contributed by atoms with E-state index in [-0.39, 0.29) is 21.1 Å². The van der Waals surface area contributed by atoms with Gasteiger partial charge in [-0.1, -0.05) is 59.7 Å². The molecule has 2 aromatic heterocycles. The minimum atomic E-state index is 0. The zero-order chi connectivity index (χ0) is 29.1. The summed E-state index contributed by atoms with van der Waals surface area (Å²) in [5, 5.41) is 17.1. The van der Waals surface area contributed by atoms with Crippen LogP contribution < -0.4 is 0 Å². The summed E-state index contributed by atoms with van der Waals surface area (Å²) in [5.74, 6) is 0. The van der Waals surface area contributed by atoms with Crippen molar-refractivity contribution < 1.29 is 21.1 Å². The number of hydrogen-bond donors (Lipinski definition) is 0. The van der Waals surface area contributed by atoms with Gasteiger partial charge >= 0.3 is 0 Å².